The Bertz CT molecular complexity index is 364. The van der Waals surface area contributed by atoms with Crippen molar-refractivity contribution < 1.29 is 27.9 Å². The zero-order valence-corrected chi connectivity index (χ0v) is 10.7. The number of esters is 1. The lowest BCUT2D eigenvalue weighted by Gasteiger charge is -2.15. The summed E-state index contributed by atoms with van der Waals surface area (Å²) in [5.74, 6) is -1.97. The SMILES string of the molecule is CCOC(=O)CN(C)S(=O)(=O)CCCC(=O)O. The quantitative estimate of drug-likeness (QED) is 0.605. The minimum Gasteiger partial charge on any atom is -0.481 e. The number of sulfonamides is 1. The predicted molar refractivity (Wildman–Crippen MR) is 59.9 cm³/mol. The third kappa shape index (κ3) is 6.90. The second-order valence-electron chi connectivity index (χ2n) is 3.37. The summed E-state index contributed by atoms with van der Waals surface area (Å²) in [6.07, 6.45) is -0.197. The molecule has 0 unspecified atom stereocenters. The minimum atomic E-state index is -3.60. The molecule has 0 heterocycles. The van der Waals surface area contributed by atoms with Crippen LogP contribution in [0.4, 0.5) is 0 Å². The first kappa shape index (κ1) is 15.9. The van der Waals surface area contributed by atoms with Gasteiger partial charge in [0.05, 0.1) is 12.4 Å². The van der Waals surface area contributed by atoms with Crippen LogP contribution < -0.4 is 0 Å². The largest absolute Gasteiger partial charge is 0.481 e. The van der Waals surface area contributed by atoms with E-state index in [4.69, 9.17) is 5.11 Å². The van der Waals surface area contributed by atoms with Crippen molar-refractivity contribution in [1.29, 1.82) is 0 Å². The molecule has 0 bridgehead atoms. The zero-order chi connectivity index (χ0) is 13.5. The normalized spacial score (nSPS) is 11.5. The van der Waals surface area contributed by atoms with E-state index in [0.717, 1.165) is 4.31 Å². The first-order chi connectivity index (χ1) is 7.79. The van der Waals surface area contributed by atoms with E-state index >= 15 is 0 Å². The van der Waals surface area contributed by atoms with Crippen LogP contribution in [0.5, 0.6) is 0 Å². The van der Waals surface area contributed by atoms with Crippen molar-refractivity contribution >= 4 is 22.0 Å². The molecular weight excluding hydrogens is 250 g/mol. The van der Waals surface area contributed by atoms with Crippen LogP contribution in [0.25, 0.3) is 0 Å². The molecule has 0 spiro atoms. The van der Waals surface area contributed by atoms with Gasteiger partial charge in [0, 0.05) is 13.5 Å². The Morgan fingerprint density at radius 3 is 2.41 bits per heavy atom. The lowest BCUT2D eigenvalue weighted by atomic mass is 10.3. The van der Waals surface area contributed by atoms with Crippen molar-refractivity contribution in [3.63, 3.8) is 0 Å². The highest BCUT2D eigenvalue weighted by Gasteiger charge is 2.20. The summed E-state index contributed by atoms with van der Waals surface area (Å²) in [7, 11) is -2.34. The van der Waals surface area contributed by atoms with Crippen molar-refractivity contribution in [2.24, 2.45) is 0 Å². The highest BCUT2D eigenvalue weighted by molar-refractivity contribution is 7.89. The molecule has 0 saturated heterocycles. The van der Waals surface area contributed by atoms with Crippen LogP contribution >= 0.6 is 0 Å². The number of hydrogen-bond acceptors (Lipinski definition) is 5. The molecular formula is C9H17NO6S. The summed E-state index contributed by atoms with van der Waals surface area (Å²) in [5, 5.41) is 8.38. The average Bonchev–Trinajstić information content (AvgIpc) is 2.16. The number of rotatable bonds is 8. The predicted octanol–water partition coefficient (Wildman–Crippen LogP) is -0.324. The molecule has 0 aliphatic carbocycles. The van der Waals surface area contributed by atoms with Gasteiger partial charge < -0.3 is 9.84 Å². The maximum Gasteiger partial charge on any atom is 0.321 e. The molecule has 0 aromatic heterocycles. The Labute approximate surface area is 100 Å². The third-order valence-corrected chi connectivity index (χ3v) is 3.81. The standard InChI is InChI=1S/C9H17NO6S/c1-3-16-9(13)7-10(2)17(14,15)6-4-5-8(11)12/h3-7H2,1-2H3,(H,11,12). The van der Waals surface area contributed by atoms with E-state index in [-0.39, 0.29) is 31.7 Å². The van der Waals surface area contributed by atoms with Gasteiger partial charge in [-0.05, 0) is 13.3 Å². The fourth-order valence-electron chi connectivity index (χ4n) is 1.05. The second kappa shape index (κ2) is 7.23. The van der Waals surface area contributed by atoms with Gasteiger partial charge >= 0.3 is 11.9 Å². The lowest BCUT2D eigenvalue weighted by molar-refractivity contribution is -0.143. The molecule has 0 rings (SSSR count). The lowest BCUT2D eigenvalue weighted by Crippen LogP contribution is -2.34. The van der Waals surface area contributed by atoms with Crippen LogP contribution in [-0.4, -0.2) is 55.7 Å². The summed E-state index contributed by atoms with van der Waals surface area (Å²) in [6.45, 7) is 1.45. The zero-order valence-electron chi connectivity index (χ0n) is 9.88. The molecule has 0 aliphatic rings. The molecule has 0 aliphatic heterocycles. The number of aliphatic carboxylic acids is 1. The number of carbonyl (C=O) groups excluding carboxylic acids is 1. The molecule has 0 fully saturated rings. The minimum absolute atomic E-state index is 0.0187. The number of ether oxygens (including phenoxy) is 1. The first-order valence-corrected chi connectivity index (χ1v) is 6.72. The Morgan fingerprint density at radius 2 is 1.94 bits per heavy atom. The molecule has 1 N–H and O–H groups in total. The van der Waals surface area contributed by atoms with Crippen LogP contribution in [0.3, 0.4) is 0 Å². The Kier molecular flexibility index (Phi) is 6.74. The van der Waals surface area contributed by atoms with Gasteiger partial charge in [-0.15, -0.1) is 0 Å². The summed E-state index contributed by atoms with van der Waals surface area (Å²) < 4.78 is 28.6. The van der Waals surface area contributed by atoms with Crippen LogP contribution in [0.1, 0.15) is 19.8 Å². The number of nitrogens with zero attached hydrogens (tertiary/aromatic N) is 1. The fourth-order valence-corrected chi connectivity index (χ4v) is 2.17. The third-order valence-electron chi connectivity index (χ3n) is 1.92. The molecule has 0 atom stereocenters. The highest BCUT2D eigenvalue weighted by atomic mass is 32.2. The monoisotopic (exact) mass is 267 g/mol. The number of hydrogen-bond donors (Lipinski definition) is 1. The van der Waals surface area contributed by atoms with Crippen molar-refractivity contribution in [1.82, 2.24) is 4.31 Å². The van der Waals surface area contributed by atoms with Gasteiger partial charge in [-0.1, -0.05) is 0 Å². The molecule has 0 radical (unpaired) electrons. The maximum atomic E-state index is 11.6. The molecule has 100 valence electrons. The summed E-state index contributed by atoms with van der Waals surface area (Å²) >= 11 is 0. The van der Waals surface area contributed by atoms with Gasteiger partial charge in [0.25, 0.3) is 0 Å². The van der Waals surface area contributed by atoms with Gasteiger partial charge in [0.2, 0.25) is 10.0 Å². The number of carboxylic acid groups (broad SMARTS) is 1. The van der Waals surface area contributed by atoms with Crippen LogP contribution in [0.2, 0.25) is 0 Å². The van der Waals surface area contributed by atoms with E-state index in [9.17, 15) is 18.0 Å². The van der Waals surface area contributed by atoms with E-state index in [2.05, 4.69) is 4.74 Å². The van der Waals surface area contributed by atoms with Crippen LogP contribution in [0.15, 0.2) is 0 Å². The van der Waals surface area contributed by atoms with E-state index < -0.39 is 22.0 Å². The van der Waals surface area contributed by atoms with Crippen LogP contribution in [-0.2, 0) is 24.3 Å². The maximum absolute atomic E-state index is 11.6. The first-order valence-electron chi connectivity index (χ1n) is 5.11. The Balaban J connectivity index is 4.20. The van der Waals surface area contributed by atoms with Gasteiger partial charge in [0.15, 0.2) is 0 Å². The fraction of sp³-hybridized carbons (Fsp3) is 0.778. The van der Waals surface area contributed by atoms with Crippen molar-refractivity contribution in [3.05, 3.63) is 0 Å². The number of carbonyl (C=O) groups is 2. The molecule has 0 aromatic rings. The van der Waals surface area contributed by atoms with Gasteiger partial charge in [-0.3, -0.25) is 9.59 Å². The van der Waals surface area contributed by atoms with E-state index in [0.29, 0.717) is 0 Å². The number of likely N-dealkylation sites (N-methyl/N-ethyl adjacent to an activating group) is 1. The van der Waals surface area contributed by atoms with E-state index in [1.54, 1.807) is 6.92 Å². The Hall–Kier alpha value is -1.15. The summed E-state index contributed by atoms with van der Waals surface area (Å²) in [6, 6.07) is 0. The van der Waals surface area contributed by atoms with E-state index in [1.165, 1.54) is 7.05 Å². The molecule has 0 aromatic carbocycles. The number of carboxylic acids is 1. The molecule has 17 heavy (non-hydrogen) atoms. The molecule has 0 saturated carbocycles. The van der Waals surface area contributed by atoms with Gasteiger partial charge in [0.1, 0.15) is 6.54 Å². The summed E-state index contributed by atoms with van der Waals surface area (Å²) in [4.78, 5) is 21.3. The topological polar surface area (TPSA) is 101 Å². The molecule has 8 heteroatoms. The van der Waals surface area contributed by atoms with E-state index in [1.807, 2.05) is 0 Å². The highest BCUT2D eigenvalue weighted by Crippen LogP contribution is 2.03. The van der Waals surface area contributed by atoms with Crippen molar-refractivity contribution in [2.75, 3.05) is 26.0 Å². The summed E-state index contributed by atoms with van der Waals surface area (Å²) in [5.41, 5.74) is 0. The Morgan fingerprint density at radius 1 is 1.35 bits per heavy atom. The average molecular weight is 267 g/mol. The van der Waals surface area contributed by atoms with Crippen molar-refractivity contribution in [2.45, 2.75) is 19.8 Å². The van der Waals surface area contributed by atoms with Crippen molar-refractivity contribution in [3.8, 4) is 0 Å². The second-order valence-corrected chi connectivity index (χ2v) is 5.57. The van der Waals surface area contributed by atoms with Crippen LogP contribution in [0, 0.1) is 0 Å². The van der Waals surface area contributed by atoms with Gasteiger partial charge in [-0.2, -0.15) is 4.31 Å². The smallest absolute Gasteiger partial charge is 0.321 e. The van der Waals surface area contributed by atoms with Gasteiger partial charge in [-0.25, -0.2) is 8.42 Å². The molecule has 7 nitrogen and oxygen atoms in total. The molecule has 0 amide bonds.